The number of thiazole rings is 1. The maximum Gasteiger partial charge on any atom is 0.265 e. The molecule has 0 aliphatic heterocycles. The summed E-state index contributed by atoms with van der Waals surface area (Å²) >= 11 is 12.5. The van der Waals surface area contributed by atoms with Crippen LogP contribution < -0.4 is 11.1 Å². The minimum absolute atomic E-state index is 0.234. The van der Waals surface area contributed by atoms with Crippen molar-refractivity contribution in [3.63, 3.8) is 0 Å². The zero-order valence-electron chi connectivity index (χ0n) is 13.5. The summed E-state index contributed by atoms with van der Waals surface area (Å²) in [6.07, 6.45) is 0. The number of carbonyl (C=O) groups is 1. The number of amides is 1. The Hall–Kier alpha value is -2.15. The van der Waals surface area contributed by atoms with Crippen molar-refractivity contribution >= 4 is 46.9 Å². The van der Waals surface area contributed by atoms with Crippen LogP contribution in [0, 0.1) is 10.9 Å². The first kappa shape index (κ1) is 17.7. The van der Waals surface area contributed by atoms with Crippen LogP contribution in [0.2, 0.25) is 5.02 Å². The van der Waals surface area contributed by atoms with Gasteiger partial charge >= 0.3 is 0 Å². The number of benzene rings is 2. The zero-order chi connectivity index (χ0) is 18.0. The van der Waals surface area contributed by atoms with Gasteiger partial charge in [-0.15, -0.1) is 0 Å². The number of carbonyl (C=O) groups excluding carboxylic acids is 1. The van der Waals surface area contributed by atoms with Gasteiger partial charge in [0.2, 0.25) is 0 Å². The Labute approximate surface area is 159 Å². The van der Waals surface area contributed by atoms with E-state index in [-0.39, 0.29) is 5.91 Å². The molecule has 1 aromatic heterocycles. The summed E-state index contributed by atoms with van der Waals surface area (Å²) in [6.45, 7) is 2.46. The van der Waals surface area contributed by atoms with Crippen molar-refractivity contribution in [2.45, 2.75) is 13.5 Å². The number of hydrogen-bond donors (Lipinski definition) is 2. The lowest BCUT2D eigenvalue weighted by atomic mass is 10.1. The molecule has 0 saturated carbocycles. The van der Waals surface area contributed by atoms with Crippen molar-refractivity contribution in [1.29, 1.82) is 0 Å². The van der Waals surface area contributed by atoms with E-state index in [9.17, 15) is 4.79 Å². The molecule has 3 N–H and O–H groups in total. The molecule has 0 atom stereocenters. The number of aryl methyl sites for hydroxylation is 1. The van der Waals surface area contributed by atoms with Crippen molar-refractivity contribution in [3.8, 4) is 5.69 Å². The van der Waals surface area contributed by atoms with E-state index in [1.165, 1.54) is 16.9 Å². The van der Waals surface area contributed by atoms with Crippen LogP contribution in [0.1, 0.15) is 20.8 Å². The van der Waals surface area contributed by atoms with Crippen LogP contribution in [-0.2, 0) is 6.54 Å². The molecule has 3 aromatic rings. The van der Waals surface area contributed by atoms with Gasteiger partial charge in [0.25, 0.3) is 5.91 Å². The average molecular weight is 390 g/mol. The van der Waals surface area contributed by atoms with Gasteiger partial charge in [-0.1, -0.05) is 52.8 Å². The predicted molar refractivity (Wildman–Crippen MR) is 106 cm³/mol. The van der Waals surface area contributed by atoms with Gasteiger partial charge in [-0.25, -0.2) is 0 Å². The van der Waals surface area contributed by atoms with Gasteiger partial charge in [0.05, 0.1) is 0 Å². The number of nitrogen functional groups attached to an aromatic ring is 1. The highest BCUT2D eigenvalue weighted by Crippen LogP contribution is 2.27. The Kier molecular flexibility index (Phi) is 5.22. The summed E-state index contributed by atoms with van der Waals surface area (Å²) in [5.41, 5.74) is 9.16. The Morgan fingerprint density at radius 2 is 1.84 bits per heavy atom. The third-order valence-electron chi connectivity index (χ3n) is 3.71. The Morgan fingerprint density at radius 1 is 1.20 bits per heavy atom. The van der Waals surface area contributed by atoms with Crippen LogP contribution in [0.25, 0.3) is 5.69 Å². The molecule has 0 spiro atoms. The van der Waals surface area contributed by atoms with Crippen molar-refractivity contribution in [2.75, 3.05) is 5.73 Å². The minimum Gasteiger partial charge on any atom is -0.383 e. The molecule has 4 nitrogen and oxygen atoms in total. The molecule has 0 radical (unpaired) electrons. The van der Waals surface area contributed by atoms with Crippen LogP contribution in [0.5, 0.6) is 0 Å². The van der Waals surface area contributed by atoms with Crippen molar-refractivity contribution in [1.82, 2.24) is 9.88 Å². The number of anilines is 1. The highest BCUT2D eigenvalue weighted by Gasteiger charge is 2.17. The number of rotatable bonds is 4. The Balaban J connectivity index is 1.81. The fourth-order valence-corrected chi connectivity index (χ4v) is 3.76. The summed E-state index contributed by atoms with van der Waals surface area (Å²) in [4.78, 5) is 12.9. The van der Waals surface area contributed by atoms with Gasteiger partial charge in [-0.05, 0) is 49.0 Å². The van der Waals surface area contributed by atoms with E-state index in [0.717, 1.165) is 11.3 Å². The standard InChI is InChI=1S/C18H16ClN3OS2/c1-11-2-4-12(5-3-11)10-21-17(23)15-16(20)22(18(24)25-15)14-8-6-13(19)7-9-14/h2-9H,10,20H2,1H3,(H,21,23). The lowest BCUT2D eigenvalue weighted by Crippen LogP contribution is -2.23. The van der Waals surface area contributed by atoms with Crippen LogP contribution in [0.4, 0.5) is 5.82 Å². The second-order valence-electron chi connectivity index (χ2n) is 5.56. The Morgan fingerprint density at radius 3 is 2.48 bits per heavy atom. The topological polar surface area (TPSA) is 60.0 Å². The second-order valence-corrected chi connectivity index (χ2v) is 7.64. The van der Waals surface area contributed by atoms with Crippen LogP contribution >= 0.6 is 35.2 Å². The van der Waals surface area contributed by atoms with E-state index in [1.54, 1.807) is 16.7 Å². The van der Waals surface area contributed by atoms with Crippen LogP contribution in [-0.4, -0.2) is 10.5 Å². The number of hydrogen-bond acceptors (Lipinski definition) is 4. The molecule has 0 bridgehead atoms. The second kappa shape index (κ2) is 7.39. The van der Waals surface area contributed by atoms with Gasteiger partial charge in [-0.3, -0.25) is 9.36 Å². The fourth-order valence-electron chi connectivity index (χ4n) is 2.35. The van der Waals surface area contributed by atoms with E-state index in [4.69, 9.17) is 29.6 Å². The molecule has 7 heteroatoms. The van der Waals surface area contributed by atoms with Gasteiger partial charge in [0, 0.05) is 17.3 Å². The van der Waals surface area contributed by atoms with E-state index < -0.39 is 0 Å². The predicted octanol–water partition coefficient (Wildman–Crippen LogP) is 4.74. The number of nitrogens with zero attached hydrogens (tertiary/aromatic N) is 1. The minimum atomic E-state index is -0.234. The molecular weight excluding hydrogens is 374 g/mol. The van der Waals surface area contributed by atoms with Gasteiger partial charge in [-0.2, -0.15) is 0 Å². The Bertz CT molecular complexity index is 959. The highest BCUT2D eigenvalue weighted by molar-refractivity contribution is 7.73. The van der Waals surface area contributed by atoms with Crippen molar-refractivity contribution in [3.05, 3.63) is 73.5 Å². The smallest absolute Gasteiger partial charge is 0.265 e. The monoisotopic (exact) mass is 389 g/mol. The third kappa shape index (κ3) is 3.92. The normalized spacial score (nSPS) is 10.6. The molecule has 0 fully saturated rings. The zero-order valence-corrected chi connectivity index (χ0v) is 15.8. The maximum atomic E-state index is 12.5. The molecule has 0 aliphatic rings. The molecule has 128 valence electrons. The highest BCUT2D eigenvalue weighted by atomic mass is 35.5. The van der Waals surface area contributed by atoms with Gasteiger partial charge < -0.3 is 11.1 Å². The summed E-state index contributed by atoms with van der Waals surface area (Å²) in [5.74, 6) is 0.0978. The van der Waals surface area contributed by atoms with E-state index in [1.807, 2.05) is 43.3 Å². The first-order valence-corrected chi connectivity index (χ1v) is 9.17. The summed E-state index contributed by atoms with van der Waals surface area (Å²) in [5, 5.41) is 3.51. The molecule has 3 rings (SSSR count). The fraction of sp³-hybridized carbons (Fsp3) is 0.111. The molecule has 0 saturated heterocycles. The van der Waals surface area contributed by atoms with E-state index >= 15 is 0 Å². The summed E-state index contributed by atoms with van der Waals surface area (Å²) in [6, 6.07) is 15.1. The quantitative estimate of drug-likeness (QED) is 0.633. The van der Waals surface area contributed by atoms with Crippen LogP contribution in [0.15, 0.2) is 48.5 Å². The van der Waals surface area contributed by atoms with Crippen molar-refractivity contribution < 1.29 is 4.79 Å². The van der Waals surface area contributed by atoms with Gasteiger partial charge in [0.1, 0.15) is 10.7 Å². The lowest BCUT2D eigenvalue weighted by Gasteiger charge is -2.07. The lowest BCUT2D eigenvalue weighted by molar-refractivity contribution is 0.0955. The molecule has 0 aliphatic carbocycles. The number of nitrogens with two attached hydrogens (primary N) is 1. The summed E-state index contributed by atoms with van der Waals surface area (Å²) < 4.78 is 2.19. The van der Waals surface area contributed by atoms with Crippen molar-refractivity contribution in [2.24, 2.45) is 0 Å². The number of nitrogens with one attached hydrogen (secondary N) is 1. The maximum absolute atomic E-state index is 12.5. The summed E-state index contributed by atoms with van der Waals surface area (Å²) in [7, 11) is 0. The first-order valence-electron chi connectivity index (χ1n) is 7.56. The van der Waals surface area contributed by atoms with Gasteiger partial charge in [0.15, 0.2) is 3.95 Å². The third-order valence-corrected chi connectivity index (χ3v) is 5.35. The number of aromatic nitrogens is 1. The van der Waals surface area contributed by atoms with E-state index in [2.05, 4.69) is 5.32 Å². The SMILES string of the molecule is Cc1ccc(CNC(=O)c2sc(=S)n(-c3ccc(Cl)cc3)c2N)cc1. The molecule has 0 unspecified atom stereocenters. The van der Waals surface area contributed by atoms with Crippen LogP contribution in [0.3, 0.4) is 0 Å². The molecule has 2 aromatic carbocycles. The largest absolute Gasteiger partial charge is 0.383 e. The first-order chi connectivity index (χ1) is 12.0. The average Bonchev–Trinajstić information content (AvgIpc) is 2.90. The molecular formula is C18H16ClN3OS2. The number of halogens is 1. The van der Waals surface area contributed by atoms with E-state index in [0.29, 0.717) is 26.2 Å². The molecule has 1 heterocycles. The molecule has 25 heavy (non-hydrogen) atoms. The molecule has 1 amide bonds.